The molecule has 1 heteroatoms. The van der Waals surface area contributed by atoms with Crippen LogP contribution < -0.4 is 0 Å². The quantitative estimate of drug-likeness (QED) is 0.496. The summed E-state index contributed by atoms with van der Waals surface area (Å²) in [5.74, 6) is 0. The highest BCUT2D eigenvalue weighted by Crippen LogP contribution is 1.80. The molecule has 0 rings (SSSR count). The van der Waals surface area contributed by atoms with Gasteiger partial charge < -0.3 is 0 Å². The van der Waals surface area contributed by atoms with Crippen molar-refractivity contribution < 1.29 is 0 Å². The summed E-state index contributed by atoms with van der Waals surface area (Å²) in [7, 11) is 0. The van der Waals surface area contributed by atoms with Crippen LogP contribution in [0.4, 0.5) is 0 Å². The number of unbranched alkanes of at least 4 members (excludes halogenated alkanes) is 1. The Morgan fingerprint density at radius 3 is 2.75 bits per heavy atom. The fourth-order valence-corrected chi connectivity index (χ4v) is 0.351. The van der Waals surface area contributed by atoms with Crippen LogP contribution in [0, 0.1) is 0 Å². The molecule has 0 aromatic carbocycles. The Morgan fingerprint density at radius 1 is 1.50 bits per heavy atom. The monoisotopic (exact) mass is 111 g/mol. The summed E-state index contributed by atoms with van der Waals surface area (Å²) < 4.78 is 0. The summed E-state index contributed by atoms with van der Waals surface area (Å²) in [5.41, 5.74) is 0. The smallest absolute Gasteiger partial charge is 0.0221 e. The third kappa shape index (κ3) is 5.41. The summed E-state index contributed by atoms with van der Waals surface area (Å²) in [6, 6.07) is 0. The molecule has 0 aliphatic rings. The molecule has 0 aromatic rings. The molecule has 0 saturated heterocycles. The van der Waals surface area contributed by atoms with Crippen molar-refractivity contribution in [3.05, 3.63) is 12.3 Å². The van der Waals surface area contributed by atoms with Crippen molar-refractivity contribution in [2.45, 2.75) is 26.7 Å². The first-order valence-electron chi connectivity index (χ1n) is 3.04. The highest BCUT2D eigenvalue weighted by Gasteiger charge is 1.68. The van der Waals surface area contributed by atoms with Gasteiger partial charge in [0, 0.05) is 12.4 Å². The molecule has 1 nitrogen and oxygen atoms in total. The SMILES string of the molecule is C/C=C\N=CCCC. The van der Waals surface area contributed by atoms with Crippen molar-refractivity contribution in [1.82, 2.24) is 0 Å². The number of aliphatic imine (C=N–C) groups is 1. The summed E-state index contributed by atoms with van der Waals surface area (Å²) in [4.78, 5) is 3.97. The first kappa shape index (κ1) is 7.41. The van der Waals surface area contributed by atoms with Gasteiger partial charge in [-0.1, -0.05) is 19.4 Å². The summed E-state index contributed by atoms with van der Waals surface area (Å²) >= 11 is 0. The van der Waals surface area contributed by atoms with Crippen LogP contribution in [0.2, 0.25) is 0 Å². The van der Waals surface area contributed by atoms with E-state index in [1.807, 2.05) is 19.2 Å². The van der Waals surface area contributed by atoms with E-state index in [0.717, 1.165) is 6.42 Å². The normalized spacial score (nSPS) is 11.8. The molecule has 0 fully saturated rings. The van der Waals surface area contributed by atoms with E-state index in [0.29, 0.717) is 0 Å². The maximum absolute atomic E-state index is 3.97. The molecule has 0 aliphatic carbocycles. The highest BCUT2D eigenvalue weighted by molar-refractivity contribution is 5.57. The second-order valence-electron chi connectivity index (χ2n) is 1.60. The lowest BCUT2D eigenvalue weighted by molar-refractivity contribution is 1.01. The number of rotatable bonds is 3. The number of allylic oxidation sites excluding steroid dienone is 1. The van der Waals surface area contributed by atoms with Gasteiger partial charge in [0.15, 0.2) is 0 Å². The lowest BCUT2D eigenvalue weighted by atomic mass is 10.4. The fourth-order valence-electron chi connectivity index (χ4n) is 0.351. The zero-order valence-corrected chi connectivity index (χ0v) is 5.59. The molecule has 0 unspecified atom stereocenters. The molecule has 0 bridgehead atoms. The molecule has 0 aliphatic heterocycles. The number of hydrogen-bond acceptors (Lipinski definition) is 1. The van der Waals surface area contributed by atoms with E-state index in [-0.39, 0.29) is 0 Å². The van der Waals surface area contributed by atoms with Crippen LogP contribution in [-0.4, -0.2) is 6.21 Å². The van der Waals surface area contributed by atoms with Crippen molar-refractivity contribution in [2.75, 3.05) is 0 Å². The maximum atomic E-state index is 3.97. The average molecular weight is 111 g/mol. The zero-order chi connectivity index (χ0) is 6.24. The van der Waals surface area contributed by atoms with Crippen molar-refractivity contribution in [1.29, 1.82) is 0 Å². The second kappa shape index (κ2) is 6.41. The van der Waals surface area contributed by atoms with Gasteiger partial charge >= 0.3 is 0 Å². The van der Waals surface area contributed by atoms with Crippen molar-refractivity contribution in [3.63, 3.8) is 0 Å². The standard InChI is InChI=1S/C7H13N/c1-3-5-7-8-6-4-2/h4,6-7H,3,5H2,1-2H3/b6-4-,8-7?. The Hall–Kier alpha value is -0.590. The van der Waals surface area contributed by atoms with E-state index in [1.165, 1.54) is 6.42 Å². The largest absolute Gasteiger partial charge is 0.269 e. The lowest BCUT2D eigenvalue weighted by Gasteiger charge is -1.78. The minimum atomic E-state index is 1.09. The van der Waals surface area contributed by atoms with Gasteiger partial charge in [-0.3, -0.25) is 4.99 Å². The van der Waals surface area contributed by atoms with Gasteiger partial charge in [0.25, 0.3) is 0 Å². The maximum Gasteiger partial charge on any atom is 0.0221 e. The molecule has 46 valence electrons. The van der Waals surface area contributed by atoms with Gasteiger partial charge in [-0.05, 0) is 13.3 Å². The van der Waals surface area contributed by atoms with Crippen LogP contribution in [0.5, 0.6) is 0 Å². The Labute approximate surface area is 51.1 Å². The predicted octanol–water partition coefficient (Wildman–Crippen LogP) is 2.39. The third-order valence-corrected chi connectivity index (χ3v) is 0.758. The van der Waals surface area contributed by atoms with E-state index < -0.39 is 0 Å². The molecule has 0 N–H and O–H groups in total. The fraction of sp³-hybridized carbons (Fsp3) is 0.571. The molecule has 0 amide bonds. The highest BCUT2D eigenvalue weighted by atomic mass is 14.7. The summed E-state index contributed by atoms with van der Waals surface area (Å²) in [6.45, 7) is 4.10. The van der Waals surface area contributed by atoms with Gasteiger partial charge in [-0.2, -0.15) is 0 Å². The van der Waals surface area contributed by atoms with E-state index in [1.54, 1.807) is 6.20 Å². The Balaban J connectivity index is 3.07. The van der Waals surface area contributed by atoms with Crippen molar-refractivity contribution in [3.8, 4) is 0 Å². The molecule has 0 saturated carbocycles. The van der Waals surface area contributed by atoms with Gasteiger partial charge in [0.2, 0.25) is 0 Å². The Bertz CT molecular complexity index is 82.4. The zero-order valence-electron chi connectivity index (χ0n) is 5.59. The van der Waals surface area contributed by atoms with Gasteiger partial charge in [-0.15, -0.1) is 0 Å². The van der Waals surface area contributed by atoms with Gasteiger partial charge in [-0.25, -0.2) is 0 Å². The van der Waals surface area contributed by atoms with E-state index in [2.05, 4.69) is 11.9 Å². The van der Waals surface area contributed by atoms with E-state index in [9.17, 15) is 0 Å². The van der Waals surface area contributed by atoms with Crippen LogP contribution >= 0.6 is 0 Å². The van der Waals surface area contributed by atoms with E-state index >= 15 is 0 Å². The molecular formula is C7H13N. The number of nitrogens with zero attached hydrogens (tertiary/aromatic N) is 1. The summed E-state index contributed by atoms with van der Waals surface area (Å²) in [5, 5.41) is 0. The Morgan fingerprint density at radius 2 is 2.25 bits per heavy atom. The predicted molar refractivity (Wildman–Crippen MR) is 38.2 cm³/mol. The minimum absolute atomic E-state index is 1.09. The molecule has 0 aromatic heterocycles. The average Bonchev–Trinajstić information content (AvgIpc) is 1.81. The van der Waals surface area contributed by atoms with Gasteiger partial charge in [0.1, 0.15) is 0 Å². The topological polar surface area (TPSA) is 12.4 Å². The molecular weight excluding hydrogens is 98.1 g/mol. The number of hydrogen-bond donors (Lipinski definition) is 0. The molecule has 0 radical (unpaired) electrons. The van der Waals surface area contributed by atoms with Gasteiger partial charge in [0.05, 0.1) is 0 Å². The van der Waals surface area contributed by atoms with Crippen LogP contribution in [-0.2, 0) is 0 Å². The second-order valence-corrected chi connectivity index (χ2v) is 1.60. The lowest BCUT2D eigenvalue weighted by Crippen LogP contribution is -1.67. The first-order valence-corrected chi connectivity index (χ1v) is 3.04. The molecule has 0 heterocycles. The van der Waals surface area contributed by atoms with Crippen molar-refractivity contribution >= 4 is 6.21 Å². The van der Waals surface area contributed by atoms with Crippen LogP contribution in [0.25, 0.3) is 0 Å². The van der Waals surface area contributed by atoms with Crippen molar-refractivity contribution in [2.24, 2.45) is 4.99 Å². The third-order valence-electron chi connectivity index (χ3n) is 0.758. The summed E-state index contributed by atoms with van der Waals surface area (Å²) in [6.07, 6.45) is 7.92. The van der Waals surface area contributed by atoms with Crippen LogP contribution in [0.3, 0.4) is 0 Å². The minimum Gasteiger partial charge on any atom is -0.269 e. The molecule has 0 spiro atoms. The first-order chi connectivity index (χ1) is 3.91. The van der Waals surface area contributed by atoms with Crippen LogP contribution in [0.15, 0.2) is 17.3 Å². The molecule has 8 heavy (non-hydrogen) atoms. The van der Waals surface area contributed by atoms with E-state index in [4.69, 9.17) is 0 Å². The van der Waals surface area contributed by atoms with Crippen LogP contribution in [0.1, 0.15) is 26.7 Å². The molecule has 0 atom stereocenters. The Kier molecular flexibility index (Phi) is 5.94.